The maximum absolute atomic E-state index is 12.6. The topological polar surface area (TPSA) is 175 Å². The maximum Gasteiger partial charge on any atom is 0.472 e. The van der Waals surface area contributed by atoms with Crippen molar-refractivity contribution in [2.75, 3.05) is 47.5 Å². The third kappa shape index (κ3) is 29.7. The summed E-state index contributed by atoms with van der Waals surface area (Å²) in [6.45, 7) is 1.47. The lowest BCUT2D eigenvalue weighted by atomic mass is 10.2. The molecule has 306 valence electrons. The Balaban J connectivity index is 2.49. The van der Waals surface area contributed by atoms with E-state index in [0.717, 1.165) is 50.3 Å². The van der Waals surface area contributed by atoms with E-state index in [2.05, 4.69) is 61.6 Å². The van der Waals surface area contributed by atoms with Crippen LogP contribution in [0.4, 0.5) is 0 Å². The Bertz CT molecular complexity index is 1490. The van der Waals surface area contributed by atoms with Crippen LogP contribution in [0.3, 0.4) is 0 Å². The van der Waals surface area contributed by atoms with Crippen molar-refractivity contribution >= 4 is 25.7 Å². The smallest absolute Gasteiger partial charge is 0.472 e. The molecule has 0 saturated carbocycles. The van der Waals surface area contributed by atoms with E-state index in [1.54, 1.807) is 0 Å². The van der Waals surface area contributed by atoms with Crippen molar-refractivity contribution < 1.29 is 61.8 Å². The van der Waals surface area contributed by atoms with Crippen molar-refractivity contribution in [1.82, 2.24) is 0 Å². The summed E-state index contributed by atoms with van der Waals surface area (Å²) in [5.41, 5.74) is 0. The standard InChI is InChI=1S/C41H60NO12P/c1-5-6-7-8-9-10-11-12-13-14-15-16-17-18-19-20-21-22-23-25-40(46)54-38(34-52-55(48,49)51-29-28-42(2,3)4)33-50-39(45)26-24-27-41(47)53-37-31-35(43)30-36(44)32-37/h6-7,9-10,12-13,15-16,18-19,21-22,30-32,38H,5,8,11,14,17,20,23-29,33-34H2,1-4H3,(H2-,43,44,48,49)/p+1/b7-6-,10-9-,13-12-,16-15-,19-18-,22-21-/t38-/m1/s1. The molecule has 0 radical (unpaired) electrons. The fourth-order valence-electron chi connectivity index (χ4n) is 4.29. The highest BCUT2D eigenvalue weighted by Gasteiger charge is 2.27. The molecule has 55 heavy (non-hydrogen) atoms. The second kappa shape index (κ2) is 29.1. The number of hydrogen-bond acceptors (Lipinski definition) is 11. The van der Waals surface area contributed by atoms with E-state index in [-0.39, 0.29) is 49.5 Å². The van der Waals surface area contributed by atoms with Crippen molar-refractivity contribution in [3.63, 3.8) is 0 Å². The number of carbonyl (C=O) groups is 3. The van der Waals surface area contributed by atoms with Crippen LogP contribution in [0.1, 0.15) is 77.6 Å². The first kappa shape index (κ1) is 48.8. The highest BCUT2D eigenvalue weighted by atomic mass is 31.2. The van der Waals surface area contributed by atoms with Crippen LogP contribution < -0.4 is 4.74 Å². The number of ether oxygens (including phenoxy) is 3. The average Bonchev–Trinajstić information content (AvgIpc) is 3.09. The first-order valence-corrected chi connectivity index (χ1v) is 20.1. The Morgan fingerprint density at radius 2 is 1.20 bits per heavy atom. The van der Waals surface area contributed by atoms with E-state index < -0.39 is 45.0 Å². The number of phenolic OH excluding ortho intramolecular Hbond substituents is 2. The molecule has 13 nitrogen and oxygen atoms in total. The average molecular weight is 791 g/mol. The Labute approximate surface area is 326 Å². The minimum Gasteiger partial charge on any atom is -0.508 e. The Morgan fingerprint density at radius 1 is 0.691 bits per heavy atom. The second-order valence-corrected chi connectivity index (χ2v) is 14.8. The van der Waals surface area contributed by atoms with Gasteiger partial charge in [-0.3, -0.25) is 23.4 Å². The number of likely N-dealkylation sites (N-methyl/N-ethyl adjacent to an activating group) is 1. The molecule has 0 fully saturated rings. The summed E-state index contributed by atoms with van der Waals surface area (Å²) in [6.07, 6.45) is 29.4. The van der Waals surface area contributed by atoms with E-state index >= 15 is 0 Å². The van der Waals surface area contributed by atoms with Crippen molar-refractivity contribution in [3.05, 3.63) is 91.1 Å². The van der Waals surface area contributed by atoms with E-state index in [1.165, 1.54) is 0 Å². The van der Waals surface area contributed by atoms with Gasteiger partial charge in [-0.15, -0.1) is 0 Å². The van der Waals surface area contributed by atoms with Gasteiger partial charge >= 0.3 is 25.7 Å². The summed E-state index contributed by atoms with van der Waals surface area (Å²) >= 11 is 0. The normalized spacial score (nSPS) is 14.1. The molecule has 1 unspecified atom stereocenters. The number of phosphoric acid groups is 1. The molecule has 0 aliphatic heterocycles. The molecule has 3 N–H and O–H groups in total. The summed E-state index contributed by atoms with van der Waals surface area (Å²) in [4.78, 5) is 47.2. The van der Waals surface area contributed by atoms with Gasteiger partial charge in [-0.2, -0.15) is 0 Å². The van der Waals surface area contributed by atoms with Crippen LogP contribution in [-0.4, -0.2) is 91.1 Å². The van der Waals surface area contributed by atoms with Gasteiger partial charge in [0.25, 0.3) is 0 Å². The van der Waals surface area contributed by atoms with Gasteiger partial charge in [0.15, 0.2) is 6.10 Å². The van der Waals surface area contributed by atoms with Gasteiger partial charge in [-0.25, -0.2) is 4.57 Å². The monoisotopic (exact) mass is 790 g/mol. The molecular formula is C41H61NO12P+. The number of nitrogens with zero attached hydrogens (tertiary/aromatic N) is 1. The molecule has 2 atom stereocenters. The quantitative estimate of drug-likeness (QED) is 0.0235. The fraction of sp³-hybridized carbons (Fsp3) is 0.488. The number of carbonyl (C=O) groups excluding carboxylic acids is 3. The fourth-order valence-corrected chi connectivity index (χ4v) is 5.03. The molecular weight excluding hydrogens is 729 g/mol. The summed E-state index contributed by atoms with van der Waals surface area (Å²) in [5, 5.41) is 19.0. The van der Waals surface area contributed by atoms with Crippen LogP contribution >= 0.6 is 7.82 Å². The molecule has 14 heteroatoms. The molecule has 0 saturated heterocycles. The Morgan fingerprint density at radius 3 is 1.73 bits per heavy atom. The first-order chi connectivity index (χ1) is 26.2. The van der Waals surface area contributed by atoms with Crippen molar-refractivity contribution in [2.45, 2.75) is 83.7 Å². The van der Waals surface area contributed by atoms with Crippen molar-refractivity contribution in [3.8, 4) is 17.2 Å². The Hall–Kier alpha value is -4.26. The number of phenols is 2. The van der Waals surface area contributed by atoms with Crippen LogP contribution in [0, 0.1) is 0 Å². The zero-order chi connectivity index (χ0) is 40.8. The first-order valence-electron chi connectivity index (χ1n) is 18.6. The van der Waals surface area contributed by atoms with E-state index in [9.17, 15) is 34.1 Å². The molecule has 0 amide bonds. The van der Waals surface area contributed by atoms with Crippen molar-refractivity contribution in [1.29, 1.82) is 0 Å². The number of hydrogen-bond donors (Lipinski definition) is 3. The van der Waals surface area contributed by atoms with E-state index in [0.29, 0.717) is 23.9 Å². The van der Waals surface area contributed by atoms with Crippen molar-refractivity contribution in [2.24, 2.45) is 0 Å². The molecule has 0 aromatic heterocycles. The zero-order valence-corrected chi connectivity index (χ0v) is 33.6. The van der Waals surface area contributed by atoms with Crippen LogP contribution in [0.25, 0.3) is 0 Å². The molecule has 0 bridgehead atoms. The van der Waals surface area contributed by atoms with Gasteiger partial charge < -0.3 is 33.8 Å². The summed E-state index contributed by atoms with van der Waals surface area (Å²) < 4.78 is 38.6. The number of allylic oxidation sites excluding steroid dienone is 12. The minimum atomic E-state index is -4.50. The number of phosphoric ester groups is 1. The maximum atomic E-state index is 12.6. The Kier molecular flexibility index (Phi) is 25.8. The lowest BCUT2D eigenvalue weighted by molar-refractivity contribution is -0.870. The van der Waals surface area contributed by atoms with Gasteiger partial charge in [-0.1, -0.05) is 79.8 Å². The van der Waals surface area contributed by atoms with Crippen LogP contribution in [-0.2, 0) is 37.5 Å². The number of quaternary nitrogens is 1. The lowest BCUT2D eigenvalue weighted by Gasteiger charge is -2.24. The van der Waals surface area contributed by atoms with Crippen LogP contribution in [0.15, 0.2) is 91.1 Å². The minimum absolute atomic E-state index is 0.0163. The van der Waals surface area contributed by atoms with Gasteiger partial charge in [0.05, 0.1) is 27.7 Å². The number of rotatable bonds is 29. The lowest BCUT2D eigenvalue weighted by Crippen LogP contribution is -2.37. The molecule has 1 aromatic rings. The molecule has 0 aliphatic rings. The third-order valence-corrected chi connectivity index (χ3v) is 8.13. The molecule has 1 aromatic carbocycles. The number of aromatic hydroxyl groups is 2. The van der Waals surface area contributed by atoms with Gasteiger partial charge in [-0.05, 0) is 51.4 Å². The van der Waals surface area contributed by atoms with E-state index in [4.69, 9.17) is 23.3 Å². The molecule has 0 heterocycles. The summed E-state index contributed by atoms with van der Waals surface area (Å²) in [6, 6.07) is 3.38. The summed E-state index contributed by atoms with van der Waals surface area (Å²) in [7, 11) is 1.17. The van der Waals surface area contributed by atoms with Gasteiger partial charge in [0.2, 0.25) is 0 Å². The number of esters is 3. The largest absolute Gasteiger partial charge is 0.508 e. The van der Waals surface area contributed by atoms with E-state index in [1.807, 2.05) is 39.4 Å². The predicted octanol–water partition coefficient (Wildman–Crippen LogP) is 7.95. The molecule has 0 spiro atoms. The number of benzene rings is 1. The zero-order valence-electron chi connectivity index (χ0n) is 32.8. The predicted molar refractivity (Wildman–Crippen MR) is 212 cm³/mol. The SMILES string of the molecule is CC/C=C\C/C=C\C/C=C\C/C=C\C/C=C\C/C=C\CCC(=O)O[C@H](COC(=O)CCCC(=O)Oc1cc(O)cc(O)c1)COP(=O)(O)OCC[N+](C)(C)C. The highest BCUT2D eigenvalue weighted by molar-refractivity contribution is 7.47. The van der Waals surface area contributed by atoms with Crippen LogP contribution in [0.5, 0.6) is 17.2 Å². The van der Waals surface area contributed by atoms with Gasteiger partial charge in [0, 0.05) is 37.5 Å². The molecule has 1 rings (SSSR count). The van der Waals surface area contributed by atoms with Crippen LogP contribution in [0.2, 0.25) is 0 Å². The molecule has 0 aliphatic carbocycles. The summed E-state index contributed by atoms with van der Waals surface area (Å²) in [5.74, 6) is -2.66. The third-order valence-electron chi connectivity index (χ3n) is 7.15. The highest BCUT2D eigenvalue weighted by Crippen LogP contribution is 2.43. The van der Waals surface area contributed by atoms with Gasteiger partial charge in [0.1, 0.15) is 37.0 Å². The second-order valence-electron chi connectivity index (χ2n) is 13.4.